The van der Waals surface area contributed by atoms with Gasteiger partial charge in [-0.25, -0.2) is 0 Å². The minimum absolute atomic E-state index is 0.0579. The van der Waals surface area contributed by atoms with Crippen LogP contribution < -0.4 is 0 Å². The Bertz CT molecular complexity index is 604. The molecule has 0 aromatic heterocycles. The van der Waals surface area contributed by atoms with Crippen molar-refractivity contribution >= 4 is 5.97 Å². The number of hydrogen-bond donors (Lipinski definition) is 7. The first-order valence-corrected chi connectivity index (χ1v) is 12.0. The molecule has 0 spiro atoms. The summed E-state index contributed by atoms with van der Waals surface area (Å²) in [7, 11) is 0. The van der Waals surface area contributed by atoms with Crippen LogP contribution in [0.15, 0.2) is 0 Å². The van der Waals surface area contributed by atoms with Crippen LogP contribution in [-0.4, -0.2) is 116 Å². The number of aliphatic hydroxyl groups excluding tert-OH is 7. The SMILES string of the molecule is CCCCCCCCCC(=O)O[C@H]1[C@H](O)[C@@H](CO)O[C@@]1(CO)O[C@H]1O[C@H](CO)[C@@H](O)[C@H](O)[C@H]1O. The summed E-state index contributed by atoms with van der Waals surface area (Å²) < 4.78 is 21.7. The predicted octanol–water partition coefficient (Wildman–Crippen LogP) is -1.70. The second-order valence-electron chi connectivity index (χ2n) is 8.90. The van der Waals surface area contributed by atoms with E-state index in [1.54, 1.807) is 0 Å². The molecule has 9 atom stereocenters. The Morgan fingerprint density at radius 1 is 0.824 bits per heavy atom. The van der Waals surface area contributed by atoms with E-state index in [0.717, 1.165) is 32.1 Å². The predicted molar refractivity (Wildman–Crippen MR) is 115 cm³/mol. The fourth-order valence-corrected chi connectivity index (χ4v) is 4.20. The number of esters is 1. The molecule has 0 unspecified atom stereocenters. The first-order valence-electron chi connectivity index (χ1n) is 12.0. The molecular weight excluding hydrogens is 456 g/mol. The summed E-state index contributed by atoms with van der Waals surface area (Å²) in [5.74, 6) is -2.91. The molecule has 2 aliphatic heterocycles. The van der Waals surface area contributed by atoms with Crippen LogP contribution in [-0.2, 0) is 23.7 Å². The van der Waals surface area contributed by atoms with E-state index in [-0.39, 0.29) is 6.42 Å². The summed E-state index contributed by atoms with van der Waals surface area (Å²) in [4.78, 5) is 12.5. The lowest BCUT2D eigenvalue weighted by Gasteiger charge is -2.43. The van der Waals surface area contributed by atoms with Crippen molar-refractivity contribution in [3.63, 3.8) is 0 Å². The summed E-state index contributed by atoms with van der Waals surface area (Å²) in [6.45, 7) is -0.236. The lowest BCUT2D eigenvalue weighted by Crippen LogP contribution is -2.63. The zero-order chi connectivity index (χ0) is 25.3. The molecule has 0 aromatic carbocycles. The molecule has 0 saturated carbocycles. The van der Waals surface area contributed by atoms with Gasteiger partial charge in [0.25, 0.3) is 0 Å². The van der Waals surface area contributed by atoms with Crippen molar-refractivity contribution in [3.8, 4) is 0 Å². The minimum atomic E-state index is -2.24. The van der Waals surface area contributed by atoms with Gasteiger partial charge in [0, 0.05) is 6.42 Å². The average Bonchev–Trinajstić information content (AvgIpc) is 3.09. The third-order valence-corrected chi connectivity index (χ3v) is 6.28. The van der Waals surface area contributed by atoms with Gasteiger partial charge in [0.05, 0.1) is 13.2 Å². The zero-order valence-electron chi connectivity index (χ0n) is 19.6. The highest BCUT2D eigenvalue weighted by atomic mass is 16.8. The summed E-state index contributed by atoms with van der Waals surface area (Å²) in [6.07, 6.45) is -5.70. The number of ether oxygens (including phenoxy) is 4. The lowest BCUT2D eigenvalue weighted by molar-refractivity contribution is -0.383. The highest BCUT2D eigenvalue weighted by Crippen LogP contribution is 2.38. The van der Waals surface area contributed by atoms with Crippen LogP contribution in [0.5, 0.6) is 0 Å². The molecule has 0 aliphatic carbocycles. The Balaban J connectivity index is 2.04. The van der Waals surface area contributed by atoms with Crippen molar-refractivity contribution in [2.24, 2.45) is 0 Å². The molecule has 2 saturated heterocycles. The Labute approximate surface area is 199 Å². The number of rotatable bonds is 14. The van der Waals surface area contributed by atoms with Crippen LogP contribution in [0.3, 0.4) is 0 Å². The highest BCUT2D eigenvalue weighted by molar-refractivity contribution is 5.69. The van der Waals surface area contributed by atoms with Crippen molar-refractivity contribution in [1.82, 2.24) is 0 Å². The van der Waals surface area contributed by atoms with Crippen molar-refractivity contribution < 1.29 is 59.5 Å². The molecule has 2 rings (SSSR count). The molecule has 0 aromatic rings. The third-order valence-electron chi connectivity index (χ3n) is 6.28. The Hall–Kier alpha value is -0.930. The standard InChI is InChI=1S/C22H40O12/c1-2-3-4-5-6-7-8-9-15(26)32-20-17(28)14(11-24)33-22(20,12-25)34-21-19(30)18(29)16(27)13(10-23)31-21/h13-14,16-21,23-25,27-30H,2-12H2,1H3/t13-,14-,16-,17-,18+,19-,20+,21-,22+/m1/s1. The molecule has 0 radical (unpaired) electrons. The normalized spacial score (nSPS) is 38.2. The number of unbranched alkanes of at least 4 members (excludes halogenated alkanes) is 6. The molecule has 12 heteroatoms. The van der Waals surface area contributed by atoms with Gasteiger partial charge in [-0.15, -0.1) is 0 Å². The van der Waals surface area contributed by atoms with E-state index < -0.39 is 80.6 Å². The number of hydrogen-bond acceptors (Lipinski definition) is 12. The first kappa shape index (κ1) is 29.3. The van der Waals surface area contributed by atoms with Crippen LogP contribution in [0.25, 0.3) is 0 Å². The van der Waals surface area contributed by atoms with Gasteiger partial charge in [-0.2, -0.15) is 0 Å². The van der Waals surface area contributed by atoms with Gasteiger partial charge in [0.1, 0.15) is 43.2 Å². The van der Waals surface area contributed by atoms with E-state index in [4.69, 9.17) is 18.9 Å². The molecular formula is C22H40O12. The first-order chi connectivity index (χ1) is 16.2. The van der Waals surface area contributed by atoms with Crippen LogP contribution in [0.4, 0.5) is 0 Å². The maximum absolute atomic E-state index is 12.5. The minimum Gasteiger partial charge on any atom is -0.454 e. The van der Waals surface area contributed by atoms with E-state index in [2.05, 4.69) is 6.92 Å². The number of aliphatic hydroxyl groups is 7. The van der Waals surface area contributed by atoms with E-state index in [9.17, 15) is 40.5 Å². The third kappa shape index (κ3) is 7.06. The van der Waals surface area contributed by atoms with Gasteiger partial charge < -0.3 is 54.7 Å². The van der Waals surface area contributed by atoms with E-state index in [1.807, 2.05) is 0 Å². The fraction of sp³-hybridized carbons (Fsp3) is 0.955. The van der Waals surface area contributed by atoms with E-state index in [1.165, 1.54) is 6.42 Å². The number of carbonyl (C=O) groups excluding carboxylic acids is 1. The highest BCUT2D eigenvalue weighted by Gasteiger charge is 2.60. The Morgan fingerprint density at radius 2 is 1.44 bits per heavy atom. The summed E-state index contributed by atoms with van der Waals surface area (Å²) >= 11 is 0. The van der Waals surface area contributed by atoms with Crippen molar-refractivity contribution in [2.45, 2.75) is 113 Å². The summed E-state index contributed by atoms with van der Waals surface area (Å²) in [6, 6.07) is 0. The Morgan fingerprint density at radius 3 is 2.03 bits per heavy atom. The molecule has 2 fully saturated rings. The van der Waals surface area contributed by atoms with Crippen molar-refractivity contribution in [3.05, 3.63) is 0 Å². The van der Waals surface area contributed by atoms with Crippen molar-refractivity contribution in [1.29, 1.82) is 0 Å². The quantitative estimate of drug-likeness (QED) is 0.106. The molecule has 2 heterocycles. The van der Waals surface area contributed by atoms with Crippen molar-refractivity contribution in [2.75, 3.05) is 19.8 Å². The molecule has 200 valence electrons. The van der Waals surface area contributed by atoms with Gasteiger partial charge in [0.2, 0.25) is 5.79 Å². The van der Waals surface area contributed by atoms with Crippen LogP contribution >= 0.6 is 0 Å². The van der Waals surface area contributed by atoms with Gasteiger partial charge >= 0.3 is 5.97 Å². The monoisotopic (exact) mass is 496 g/mol. The van der Waals surface area contributed by atoms with Gasteiger partial charge in [-0.3, -0.25) is 4.79 Å². The second-order valence-corrected chi connectivity index (χ2v) is 8.90. The molecule has 34 heavy (non-hydrogen) atoms. The van der Waals surface area contributed by atoms with Crippen LogP contribution in [0, 0.1) is 0 Å². The van der Waals surface area contributed by atoms with Gasteiger partial charge in [-0.05, 0) is 6.42 Å². The van der Waals surface area contributed by atoms with Gasteiger partial charge in [-0.1, -0.05) is 45.4 Å². The van der Waals surface area contributed by atoms with E-state index >= 15 is 0 Å². The number of carbonyl (C=O) groups is 1. The maximum atomic E-state index is 12.5. The summed E-state index contributed by atoms with van der Waals surface area (Å²) in [5, 5.41) is 69.8. The fourth-order valence-electron chi connectivity index (χ4n) is 4.20. The van der Waals surface area contributed by atoms with Crippen LogP contribution in [0.2, 0.25) is 0 Å². The molecule has 7 N–H and O–H groups in total. The molecule has 0 amide bonds. The van der Waals surface area contributed by atoms with E-state index in [0.29, 0.717) is 6.42 Å². The molecule has 2 aliphatic rings. The largest absolute Gasteiger partial charge is 0.454 e. The van der Waals surface area contributed by atoms with Gasteiger partial charge in [0.15, 0.2) is 12.4 Å². The van der Waals surface area contributed by atoms with Crippen LogP contribution in [0.1, 0.15) is 58.3 Å². The average molecular weight is 497 g/mol. The topological polar surface area (TPSA) is 196 Å². The smallest absolute Gasteiger partial charge is 0.306 e. The molecule has 0 bridgehead atoms. The maximum Gasteiger partial charge on any atom is 0.306 e. The second kappa shape index (κ2) is 14.0. The summed E-state index contributed by atoms with van der Waals surface area (Å²) in [5.41, 5.74) is 0. The Kier molecular flexibility index (Phi) is 12.0. The zero-order valence-corrected chi connectivity index (χ0v) is 19.6. The lowest BCUT2D eigenvalue weighted by atomic mass is 9.99. The molecule has 12 nitrogen and oxygen atoms in total.